The van der Waals surface area contributed by atoms with E-state index in [9.17, 15) is 0 Å². The first-order valence-electron chi connectivity index (χ1n) is 10.6. The summed E-state index contributed by atoms with van der Waals surface area (Å²) in [5.74, 6) is 0. The van der Waals surface area contributed by atoms with Crippen molar-refractivity contribution in [2.24, 2.45) is 0 Å². The van der Waals surface area contributed by atoms with Gasteiger partial charge in [0.2, 0.25) is 0 Å². The second-order valence-electron chi connectivity index (χ2n) is 8.09. The summed E-state index contributed by atoms with van der Waals surface area (Å²) in [5.41, 5.74) is 8.45. The lowest BCUT2D eigenvalue weighted by Crippen LogP contribution is -1.98. The molecule has 0 bridgehead atoms. The molecular weight excluding hydrogens is 376 g/mol. The van der Waals surface area contributed by atoms with Crippen molar-refractivity contribution in [1.82, 2.24) is 9.13 Å². The lowest BCUT2D eigenvalue weighted by atomic mass is 10.0. The van der Waals surface area contributed by atoms with Crippen LogP contribution in [0.15, 0.2) is 116 Å². The van der Waals surface area contributed by atoms with E-state index in [-0.39, 0.29) is 0 Å². The standard InChI is InChI=1S/C29H22N2/c1-21-10-12-22(13-11-21)25-18-26(30-16-14-23-6-2-4-8-28(23)30)20-27(19-25)31-17-15-24-7-3-5-9-29(24)31/h2-20H,1H3. The summed E-state index contributed by atoms with van der Waals surface area (Å²) in [7, 11) is 0. The Hall–Kier alpha value is -4.04. The zero-order valence-electron chi connectivity index (χ0n) is 17.4. The Morgan fingerprint density at radius 2 is 1.00 bits per heavy atom. The Labute approximate surface area is 181 Å². The molecule has 0 N–H and O–H groups in total. The normalized spacial score (nSPS) is 11.4. The lowest BCUT2D eigenvalue weighted by molar-refractivity contribution is 1.09. The maximum atomic E-state index is 2.28. The average molecular weight is 399 g/mol. The zero-order valence-corrected chi connectivity index (χ0v) is 17.4. The van der Waals surface area contributed by atoms with Crippen molar-refractivity contribution < 1.29 is 0 Å². The molecule has 0 aliphatic heterocycles. The maximum absolute atomic E-state index is 2.28. The third-order valence-electron chi connectivity index (χ3n) is 6.04. The van der Waals surface area contributed by atoms with Crippen LogP contribution < -0.4 is 0 Å². The highest BCUT2D eigenvalue weighted by molar-refractivity contribution is 5.84. The van der Waals surface area contributed by atoms with Crippen molar-refractivity contribution in [1.29, 1.82) is 0 Å². The Balaban J connectivity index is 1.61. The number of fused-ring (bicyclic) bond motifs is 2. The summed E-state index contributed by atoms with van der Waals surface area (Å²) >= 11 is 0. The van der Waals surface area contributed by atoms with E-state index in [1.54, 1.807) is 0 Å². The molecule has 6 rings (SSSR count). The number of rotatable bonds is 3. The number of para-hydroxylation sites is 2. The highest BCUT2D eigenvalue weighted by atomic mass is 15.0. The van der Waals surface area contributed by atoms with Gasteiger partial charge in [-0.15, -0.1) is 0 Å². The molecule has 2 heterocycles. The van der Waals surface area contributed by atoms with Gasteiger partial charge in [0, 0.05) is 23.8 Å². The van der Waals surface area contributed by atoms with Crippen molar-refractivity contribution in [3.8, 4) is 22.5 Å². The number of nitrogens with zero attached hydrogens (tertiary/aromatic N) is 2. The molecule has 0 aliphatic rings. The van der Waals surface area contributed by atoms with E-state index in [4.69, 9.17) is 0 Å². The van der Waals surface area contributed by atoms with E-state index in [1.807, 2.05) is 0 Å². The van der Waals surface area contributed by atoms with Gasteiger partial charge in [-0.3, -0.25) is 0 Å². The van der Waals surface area contributed by atoms with Crippen LogP contribution in [0.2, 0.25) is 0 Å². The fraction of sp³-hybridized carbons (Fsp3) is 0.0345. The number of hydrogen-bond acceptors (Lipinski definition) is 0. The molecular formula is C29H22N2. The topological polar surface area (TPSA) is 9.86 Å². The van der Waals surface area contributed by atoms with Gasteiger partial charge in [-0.05, 0) is 71.3 Å². The molecule has 0 unspecified atom stereocenters. The van der Waals surface area contributed by atoms with Crippen LogP contribution in [0.25, 0.3) is 44.3 Å². The molecule has 6 aromatic rings. The largest absolute Gasteiger partial charge is 0.316 e. The molecule has 0 saturated heterocycles. The minimum absolute atomic E-state index is 1.16. The van der Waals surface area contributed by atoms with Gasteiger partial charge in [0.15, 0.2) is 0 Å². The summed E-state index contributed by atoms with van der Waals surface area (Å²) in [5, 5.41) is 2.49. The highest BCUT2D eigenvalue weighted by Gasteiger charge is 2.10. The number of aromatic nitrogens is 2. The van der Waals surface area contributed by atoms with E-state index in [0.717, 1.165) is 11.4 Å². The lowest BCUT2D eigenvalue weighted by Gasteiger charge is -2.14. The second kappa shape index (κ2) is 7.03. The number of benzene rings is 4. The van der Waals surface area contributed by atoms with E-state index in [2.05, 4.69) is 132 Å². The van der Waals surface area contributed by atoms with Crippen LogP contribution in [0.1, 0.15) is 5.56 Å². The Kier molecular flexibility index (Phi) is 4.03. The molecule has 148 valence electrons. The van der Waals surface area contributed by atoms with Crippen LogP contribution in [-0.2, 0) is 0 Å². The quantitative estimate of drug-likeness (QED) is 0.291. The van der Waals surface area contributed by atoms with Crippen LogP contribution in [-0.4, -0.2) is 9.13 Å². The zero-order chi connectivity index (χ0) is 20.8. The third kappa shape index (κ3) is 3.04. The molecule has 0 spiro atoms. The average Bonchev–Trinajstić information content (AvgIpc) is 3.44. The van der Waals surface area contributed by atoms with Gasteiger partial charge in [-0.2, -0.15) is 0 Å². The van der Waals surface area contributed by atoms with E-state index >= 15 is 0 Å². The molecule has 0 atom stereocenters. The van der Waals surface area contributed by atoms with Crippen molar-refractivity contribution >= 4 is 21.8 Å². The SMILES string of the molecule is Cc1ccc(-c2cc(-n3ccc4ccccc43)cc(-n3ccc4ccccc43)c2)cc1. The summed E-state index contributed by atoms with van der Waals surface area (Å²) in [6, 6.07) is 37.0. The van der Waals surface area contributed by atoms with Gasteiger partial charge in [-0.25, -0.2) is 0 Å². The van der Waals surface area contributed by atoms with Gasteiger partial charge in [0.1, 0.15) is 0 Å². The molecule has 0 radical (unpaired) electrons. The fourth-order valence-electron chi connectivity index (χ4n) is 4.40. The van der Waals surface area contributed by atoms with E-state index < -0.39 is 0 Å². The van der Waals surface area contributed by atoms with Crippen LogP contribution in [0.4, 0.5) is 0 Å². The highest BCUT2D eigenvalue weighted by Crippen LogP contribution is 2.30. The molecule has 0 saturated carbocycles. The first kappa shape index (κ1) is 17.8. The van der Waals surface area contributed by atoms with Crippen molar-refractivity contribution in [3.05, 3.63) is 121 Å². The second-order valence-corrected chi connectivity index (χ2v) is 8.09. The minimum atomic E-state index is 1.16. The van der Waals surface area contributed by atoms with Crippen LogP contribution >= 0.6 is 0 Å². The van der Waals surface area contributed by atoms with Crippen molar-refractivity contribution in [2.45, 2.75) is 6.92 Å². The third-order valence-corrected chi connectivity index (χ3v) is 6.04. The van der Waals surface area contributed by atoms with Crippen molar-refractivity contribution in [2.75, 3.05) is 0 Å². The van der Waals surface area contributed by atoms with E-state index in [1.165, 1.54) is 38.5 Å². The van der Waals surface area contributed by atoms with Crippen LogP contribution in [0, 0.1) is 6.92 Å². The number of aryl methyl sites for hydroxylation is 1. The predicted octanol–water partition coefficient (Wildman–Crippen LogP) is 7.55. The van der Waals surface area contributed by atoms with Gasteiger partial charge < -0.3 is 9.13 Å². The molecule has 0 amide bonds. The smallest absolute Gasteiger partial charge is 0.0528 e. The van der Waals surface area contributed by atoms with Gasteiger partial charge in [-0.1, -0.05) is 66.2 Å². The van der Waals surface area contributed by atoms with Gasteiger partial charge in [0.05, 0.1) is 11.0 Å². The Morgan fingerprint density at radius 1 is 0.484 bits per heavy atom. The fourth-order valence-corrected chi connectivity index (χ4v) is 4.40. The minimum Gasteiger partial charge on any atom is -0.316 e. The monoisotopic (exact) mass is 398 g/mol. The van der Waals surface area contributed by atoms with E-state index in [0.29, 0.717) is 0 Å². The first-order chi connectivity index (χ1) is 15.3. The maximum Gasteiger partial charge on any atom is 0.0528 e. The summed E-state index contributed by atoms with van der Waals surface area (Å²) in [4.78, 5) is 0. The Morgan fingerprint density at radius 3 is 1.55 bits per heavy atom. The van der Waals surface area contributed by atoms with Crippen LogP contribution in [0.3, 0.4) is 0 Å². The Bertz CT molecular complexity index is 1440. The molecule has 31 heavy (non-hydrogen) atoms. The molecule has 0 fully saturated rings. The first-order valence-corrected chi connectivity index (χ1v) is 10.6. The summed E-state index contributed by atoms with van der Waals surface area (Å²) in [6.45, 7) is 2.13. The molecule has 2 nitrogen and oxygen atoms in total. The van der Waals surface area contributed by atoms with Gasteiger partial charge >= 0.3 is 0 Å². The number of hydrogen-bond donors (Lipinski definition) is 0. The predicted molar refractivity (Wildman–Crippen MR) is 130 cm³/mol. The molecule has 4 aromatic carbocycles. The summed E-state index contributed by atoms with van der Waals surface area (Å²) in [6.07, 6.45) is 4.33. The van der Waals surface area contributed by atoms with Crippen molar-refractivity contribution in [3.63, 3.8) is 0 Å². The van der Waals surface area contributed by atoms with Crippen LogP contribution in [0.5, 0.6) is 0 Å². The summed E-state index contributed by atoms with van der Waals surface area (Å²) < 4.78 is 4.56. The molecule has 0 aliphatic carbocycles. The van der Waals surface area contributed by atoms with Gasteiger partial charge in [0.25, 0.3) is 0 Å². The molecule has 2 heteroatoms. The molecule has 2 aromatic heterocycles.